The zero-order valence-electron chi connectivity index (χ0n) is 13.1. The van der Waals surface area contributed by atoms with Gasteiger partial charge in [0.25, 0.3) is 0 Å². The van der Waals surface area contributed by atoms with E-state index in [9.17, 15) is 14.7 Å². The number of aliphatic hydroxyl groups is 1. The summed E-state index contributed by atoms with van der Waals surface area (Å²) in [5.74, 6) is 0. The quantitative estimate of drug-likeness (QED) is 0.685. The number of hydrogen-bond acceptors (Lipinski definition) is 5. The van der Waals surface area contributed by atoms with Gasteiger partial charge in [-0.25, -0.2) is 9.59 Å². The average Bonchev–Trinajstić information content (AvgIpc) is 2.10. The minimum atomic E-state index is -1.10. The van der Waals surface area contributed by atoms with Crippen molar-refractivity contribution in [2.24, 2.45) is 0 Å². The summed E-state index contributed by atoms with van der Waals surface area (Å²) < 4.78 is 10.0. The highest BCUT2D eigenvalue weighted by Crippen LogP contribution is 2.07. The molecule has 1 unspecified atom stereocenters. The van der Waals surface area contributed by atoms with E-state index in [-0.39, 0.29) is 13.0 Å². The predicted octanol–water partition coefficient (Wildman–Crippen LogP) is 1.74. The van der Waals surface area contributed by atoms with Gasteiger partial charge >= 0.3 is 12.2 Å². The van der Waals surface area contributed by atoms with Crippen LogP contribution in [0, 0.1) is 0 Å². The van der Waals surface area contributed by atoms with Gasteiger partial charge in [0.05, 0.1) is 0 Å². The molecule has 2 amide bonds. The highest BCUT2D eigenvalue weighted by Gasteiger charge is 2.19. The van der Waals surface area contributed by atoms with Crippen LogP contribution < -0.4 is 10.6 Å². The second kappa shape index (κ2) is 7.33. The van der Waals surface area contributed by atoms with E-state index in [1.165, 1.54) is 0 Å². The fourth-order valence-corrected chi connectivity index (χ4v) is 1.14. The number of rotatable bonds is 4. The Kier molecular flexibility index (Phi) is 6.78. The predicted molar refractivity (Wildman–Crippen MR) is 74.2 cm³/mol. The molecule has 118 valence electrons. The zero-order valence-corrected chi connectivity index (χ0v) is 13.1. The molecular formula is C13H26N2O5. The molecule has 1 atom stereocenters. The summed E-state index contributed by atoms with van der Waals surface area (Å²) in [5, 5.41) is 14.3. The van der Waals surface area contributed by atoms with Crippen molar-refractivity contribution < 1.29 is 24.2 Å². The summed E-state index contributed by atoms with van der Waals surface area (Å²) in [7, 11) is 0. The Morgan fingerprint density at radius 3 is 1.90 bits per heavy atom. The van der Waals surface area contributed by atoms with E-state index in [4.69, 9.17) is 9.47 Å². The molecule has 0 aromatic rings. The molecule has 0 saturated carbocycles. The molecule has 0 bridgehead atoms. The molecular weight excluding hydrogens is 264 g/mol. The van der Waals surface area contributed by atoms with Crippen molar-refractivity contribution in [3.05, 3.63) is 0 Å². The third-order valence-corrected chi connectivity index (χ3v) is 1.77. The number of carbonyl (C=O) groups excluding carboxylic acids is 2. The average molecular weight is 290 g/mol. The van der Waals surface area contributed by atoms with Crippen LogP contribution in [0.15, 0.2) is 0 Å². The van der Waals surface area contributed by atoms with Gasteiger partial charge in [-0.3, -0.25) is 5.32 Å². The van der Waals surface area contributed by atoms with Crippen molar-refractivity contribution in [3.8, 4) is 0 Å². The maximum absolute atomic E-state index is 11.3. The van der Waals surface area contributed by atoms with Crippen molar-refractivity contribution in [2.75, 3.05) is 6.54 Å². The molecule has 0 aliphatic heterocycles. The lowest BCUT2D eigenvalue weighted by Crippen LogP contribution is -2.41. The smallest absolute Gasteiger partial charge is 0.409 e. The Morgan fingerprint density at radius 1 is 1.00 bits per heavy atom. The van der Waals surface area contributed by atoms with Gasteiger partial charge in [-0.05, 0) is 41.5 Å². The van der Waals surface area contributed by atoms with Crippen LogP contribution in [-0.2, 0) is 9.47 Å². The van der Waals surface area contributed by atoms with Crippen molar-refractivity contribution >= 4 is 12.2 Å². The van der Waals surface area contributed by atoms with Crippen molar-refractivity contribution in [3.63, 3.8) is 0 Å². The van der Waals surface area contributed by atoms with E-state index >= 15 is 0 Å². The van der Waals surface area contributed by atoms with E-state index in [0.29, 0.717) is 0 Å². The van der Waals surface area contributed by atoms with E-state index in [2.05, 4.69) is 10.6 Å². The summed E-state index contributed by atoms with van der Waals surface area (Å²) in [6, 6.07) is 0. The Hall–Kier alpha value is -1.50. The molecule has 0 aliphatic carbocycles. The van der Waals surface area contributed by atoms with Crippen LogP contribution in [0.3, 0.4) is 0 Å². The highest BCUT2D eigenvalue weighted by molar-refractivity contribution is 5.68. The summed E-state index contributed by atoms with van der Waals surface area (Å²) in [5.41, 5.74) is -1.20. The Balaban J connectivity index is 3.87. The van der Waals surface area contributed by atoms with Gasteiger partial charge in [0.2, 0.25) is 0 Å². The van der Waals surface area contributed by atoms with E-state index < -0.39 is 29.6 Å². The van der Waals surface area contributed by atoms with Crippen LogP contribution >= 0.6 is 0 Å². The topological polar surface area (TPSA) is 96.9 Å². The van der Waals surface area contributed by atoms with Crippen LogP contribution in [0.2, 0.25) is 0 Å². The van der Waals surface area contributed by atoms with Crippen LogP contribution in [0.1, 0.15) is 48.0 Å². The minimum absolute atomic E-state index is 0.151. The summed E-state index contributed by atoms with van der Waals surface area (Å²) in [6.45, 7) is 10.6. The Bertz CT molecular complexity index is 331. The van der Waals surface area contributed by atoms with Gasteiger partial charge in [-0.1, -0.05) is 0 Å². The van der Waals surface area contributed by atoms with Crippen LogP contribution in [0.5, 0.6) is 0 Å². The van der Waals surface area contributed by atoms with Crippen LogP contribution in [-0.4, -0.2) is 41.3 Å². The summed E-state index contributed by atoms with van der Waals surface area (Å²) in [6.07, 6.45) is -2.22. The van der Waals surface area contributed by atoms with Crippen LogP contribution in [0.4, 0.5) is 9.59 Å². The third-order valence-electron chi connectivity index (χ3n) is 1.77. The Morgan fingerprint density at radius 2 is 1.45 bits per heavy atom. The van der Waals surface area contributed by atoms with Gasteiger partial charge in [0.15, 0.2) is 0 Å². The SMILES string of the molecule is CC(C)(C)OC(=O)NCCC(O)NC(=O)OC(C)(C)C. The van der Waals surface area contributed by atoms with Gasteiger partial charge < -0.3 is 19.9 Å². The highest BCUT2D eigenvalue weighted by atomic mass is 16.6. The van der Waals surface area contributed by atoms with E-state index in [1.54, 1.807) is 41.5 Å². The van der Waals surface area contributed by atoms with Gasteiger partial charge in [0, 0.05) is 13.0 Å². The van der Waals surface area contributed by atoms with E-state index in [1.807, 2.05) is 0 Å². The molecule has 0 heterocycles. The van der Waals surface area contributed by atoms with Crippen molar-refractivity contribution in [2.45, 2.75) is 65.4 Å². The molecule has 0 aromatic heterocycles. The summed E-state index contributed by atoms with van der Waals surface area (Å²) in [4.78, 5) is 22.7. The second-order valence-corrected chi connectivity index (χ2v) is 6.38. The molecule has 7 heteroatoms. The lowest BCUT2D eigenvalue weighted by molar-refractivity contribution is 0.0340. The molecule has 7 nitrogen and oxygen atoms in total. The number of aliphatic hydroxyl groups excluding tert-OH is 1. The van der Waals surface area contributed by atoms with Crippen molar-refractivity contribution in [1.29, 1.82) is 0 Å². The van der Waals surface area contributed by atoms with Crippen LogP contribution in [0.25, 0.3) is 0 Å². The maximum atomic E-state index is 11.3. The number of amides is 2. The lowest BCUT2D eigenvalue weighted by Gasteiger charge is -2.22. The molecule has 0 aliphatic rings. The molecule has 0 aromatic carbocycles. The van der Waals surface area contributed by atoms with Crippen molar-refractivity contribution in [1.82, 2.24) is 10.6 Å². The zero-order chi connectivity index (χ0) is 16.0. The number of carbonyl (C=O) groups is 2. The first-order valence-corrected chi connectivity index (χ1v) is 6.53. The second-order valence-electron chi connectivity index (χ2n) is 6.38. The first kappa shape index (κ1) is 18.5. The fraction of sp³-hybridized carbons (Fsp3) is 0.846. The minimum Gasteiger partial charge on any atom is -0.444 e. The number of ether oxygens (including phenoxy) is 2. The maximum Gasteiger partial charge on any atom is 0.409 e. The summed E-state index contributed by atoms with van der Waals surface area (Å²) >= 11 is 0. The largest absolute Gasteiger partial charge is 0.444 e. The first-order valence-electron chi connectivity index (χ1n) is 6.53. The van der Waals surface area contributed by atoms with Gasteiger partial charge in [-0.2, -0.15) is 0 Å². The molecule has 0 radical (unpaired) electrons. The van der Waals surface area contributed by atoms with Gasteiger partial charge in [-0.15, -0.1) is 0 Å². The molecule has 3 N–H and O–H groups in total. The van der Waals surface area contributed by atoms with Gasteiger partial charge in [0.1, 0.15) is 17.4 Å². The molecule has 0 spiro atoms. The number of nitrogens with one attached hydrogen (secondary N) is 2. The third kappa shape index (κ3) is 11.6. The first-order chi connectivity index (χ1) is 8.89. The lowest BCUT2D eigenvalue weighted by atomic mass is 10.2. The molecule has 0 rings (SSSR count). The molecule has 0 saturated heterocycles. The molecule has 0 fully saturated rings. The number of alkyl carbamates (subject to hydrolysis) is 2. The molecule has 20 heavy (non-hydrogen) atoms. The monoisotopic (exact) mass is 290 g/mol. The standard InChI is InChI=1S/C13H26N2O5/c1-12(2,3)19-10(17)14-8-7-9(16)15-11(18)20-13(4,5)6/h9,16H,7-8H2,1-6H3,(H,14,17)(H,15,18). The van der Waals surface area contributed by atoms with E-state index in [0.717, 1.165) is 0 Å². The normalized spacial score (nSPS) is 13.3. The number of hydrogen-bond donors (Lipinski definition) is 3. The fourth-order valence-electron chi connectivity index (χ4n) is 1.14. The Labute approximate surface area is 120 Å².